The Morgan fingerprint density at radius 2 is 1.88 bits per heavy atom. The van der Waals surface area contributed by atoms with Gasteiger partial charge in [0.2, 0.25) is 0 Å². The van der Waals surface area contributed by atoms with Gasteiger partial charge in [-0.1, -0.05) is 11.6 Å². The fraction of sp³-hybridized carbons (Fsp3) is 0.333. The summed E-state index contributed by atoms with van der Waals surface area (Å²) in [6, 6.07) is 0. The van der Waals surface area contributed by atoms with E-state index < -0.39 is 5.95 Å². The molecule has 0 radical (unpaired) electrons. The van der Waals surface area contributed by atoms with Gasteiger partial charge in [-0.15, -0.1) is 0 Å². The third-order valence-electron chi connectivity index (χ3n) is 0.576. The first-order chi connectivity index (χ1) is 3.63. The molecule has 1 nitrogen and oxygen atoms in total. The van der Waals surface area contributed by atoms with E-state index >= 15 is 0 Å². The van der Waals surface area contributed by atoms with E-state index in [0.717, 1.165) is 5.57 Å². The van der Waals surface area contributed by atoms with Crippen molar-refractivity contribution in [2.45, 2.75) is 13.8 Å². The zero-order chi connectivity index (χ0) is 6.57. The molecule has 0 saturated carbocycles. The highest BCUT2D eigenvalue weighted by Gasteiger charge is 1.76. The van der Waals surface area contributed by atoms with Crippen molar-refractivity contribution in [3.8, 4) is 0 Å². The molecule has 2 heteroatoms. The Kier molecular flexibility index (Phi) is 2.92. The summed E-state index contributed by atoms with van der Waals surface area (Å²) >= 11 is 0. The Balaban J connectivity index is 3.76. The lowest BCUT2D eigenvalue weighted by molar-refractivity contribution is 0.627. The minimum atomic E-state index is -0.647. The standard InChI is InChI=1S/C6H10FN/c1-5(2)3-4-6(7)8/h3-4H,8H2,1-2H3/b6-4-. The van der Waals surface area contributed by atoms with E-state index in [0.29, 0.717) is 0 Å². The van der Waals surface area contributed by atoms with E-state index in [1.807, 2.05) is 13.8 Å². The molecule has 0 fully saturated rings. The van der Waals surface area contributed by atoms with E-state index in [1.165, 1.54) is 6.08 Å². The molecule has 0 unspecified atom stereocenters. The maximum Gasteiger partial charge on any atom is 0.184 e. The lowest BCUT2D eigenvalue weighted by atomic mass is 10.3. The highest BCUT2D eigenvalue weighted by atomic mass is 19.1. The van der Waals surface area contributed by atoms with Crippen LogP contribution in [0.3, 0.4) is 0 Å². The lowest BCUT2D eigenvalue weighted by Crippen LogP contribution is -1.85. The second kappa shape index (κ2) is 3.24. The van der Waals surface area contributed by atoms with Crippen molar-refractivity contribution in [1.29, 1.82) is 0 Å². The number of halogens is 1. The van der Waals surface area contributed by atoms with Crippen LogP contribution in [0.1, 0.15) is 13.8 Å². The fourth-order valence-electron chi connectivity index (χ4n) is 0.246. The first-order valence-corrected chi connectivity index (χ1v) is 2.39. The van der Waals surface area contributed by atoms with Gasteiger partial charge in [-0.25, -0.2) is 0 Å². The van der Waals surface area contributed by atoms with Crippen LogP contribution in [0.5, 0.6) is 0 Å². The molecule has 0 aliphatic carbocycles. The van der Waals surface area contributed by atoms with Gasteiger partial charge in [0.05, 0.1) is 0 Å². The zero-order valence-corrected chi connectivity index (χ0v) is 5.11. The average Bonchev–Trinajstić information content (AvgIpc) is 1.61. The van der Waals surface area contributed by atoms with Crippen molar-refractivity contribution in [3.63, 3.8) is 0 Å². The fourth-order valence-corrected chi connectivity index (χ4v) is 0.246. The molecule has 0 aromatic rings. The predicted molar refractivity (Wildman–Crippen MR) is 32.8 cm³/mol. The maximum atomic E-state index is 11.7. The molecule has 46 valence electrons. The van der Waals surface area contributed by atoms with Crippen LogP contribution in [0.15, 0.2) is 23.7 Å². The van der Waals surface area contributed by atoms with Gasteiger partial charge in [-0.3, -0.25) is 0 Å². The minimum Gasteiger partial charge on any atom is -0.376 e. The molecule has 0 bridgehead atoms. The zero-order valence-electron chi connectivity index (χ0n) is 5.11. The molecule has 0 spiro atoms. The van der Waals surface area contributed by atoms with E-state index in [4.69, 9.17) is 5.73 Å². The Labute approximate surface area is 48.7 Å². The molecule has 8 heavy (non-hydrogen) atoms. The summed E-state index contributed by atoms with van der Waals surface area (Å²) in [4.78, 5) is 0. The quantitative estimate of drug-likeness (QED) is 0.408. The Bertz CT molecular complexity index is 100. The number of rotatable bonds is 1. The highest BCUT2D eigenvalue weighted by Crippen LogP contribution is 1.91. The van der Waals surface area contributed by atoms with Crippen LogP contribution in [0.2, 0.25) is 0 Å². The Morgan fingerprint density at radius 1 is 1.38 bits per heavy atom. The summed E-state index contributed by atoms with van der Waals surface area (Å²) < 4.78 is 11.7. The first kappa shape index (κ1) is 7.21. The first-order valence-electron chi connectivity index (χ1n) is 2.39. The Hall–Kier alpha value is -0.790. The summed E-state index contributed by atoms with van der Waals surface area (Å²) in [6.07, 6.45) is 2.85. The largest absolute Gasteiger partial charge is 0.376 e. The minimum absolute atomic E-state index is 0.647. The highest BCUT2D eigenvalue weighted by molar-refractivity contribution is 5.09. The Morgan fingerprint density at radius 3 is 2.00 bits per heavy atom. The van der Waals surface area contributed by atoms with Crippen LogP contribution in [-0.4, -0.2) is 0 Å². The third kappa shape index (κ3) is 5.21. The van der Waals surface area contributed by atoms with Gasteiger partial charge in [-0.05, 0) is 19.9 Å². The van der Waals surface area contributed by atoms with Gasteiger partial charge >= 0.3 is 0 Å². The van der Waals surface area contributed by atoms with Gasteiger partial charge in [0, 0.05) is 0 Å². The molecule has 0 aromatic heterocycles. The predicted octanol–water partition coefficient (Wildman–Crippen LogP) is 1.72. The summed E-state index contributed by atoms with van der Waals surface area (Å²) in [6.45, 7) is 3.75. The lowest BCUT2D eigenvalue weighted by Gasteiger charge is -1.81. The van der Waals surface area contributed by atoms with Gasteiger partial charge in [-0.2, -0.15) is 4.39 Å². The summed E-state index contributed by atoms with van der Waals surface area (Å²) in [5.41, 5.74) is 5.72. The molecule has 0 atom stereocenters. The molecule has 0 aliphatic heterocycles. The second-order valence-electron chi connectivity index (χ2n) is 1.80. The second-order valence-corrected chi connectivity index (χ2v) is 1.80. The van der Waals surface area contributed by atoms with E-state index in [2.05, 4.69) is 0 Å². The van der Waals surface area contributed by atoms with Gasteiger partial charge in [0.25, 0.3) is 0 Å². The van der Waals surface area contributed by atoms with Crippen molar-refractivity contribution < 1.29 is 4.39 Å². The number of nitrogens with two attached hydrogens (primary N) is 1. The van der Waals surface area contributed by atoms with Crippen molar-refractivity contribution in [3.05, 3.63) is 23.7 Å². The van der Waals surface area contributed by atoms with Gasteiger partial charge in [0.15, 0.2) is 5.95 Å². The normalized spacial score (nSPS) is 11.1. The van der Waals surface area contributed by atoms with Crippen LogP contribution in [-0.2, 0) is 0 Å². The molecule has 0 amide bonds. The molecule has 2 N–H and O–H groups in total. The number of allylic oxidation sites excluding steroid dienone is 3. The molecule has 0 aliphatic rings. The number of hydrogen-bond acceptors (Lipinski definition) is 1. The van der Waals surface area contributed by atoms with Crippen molar-refractivity contribution in [2.75, 3.05) is 0 Å². The van der Waals surface area contributed by atoms with E-state index in [1.54, 1.807) is 6.08 Å². The van der Waals surface area contributed by atoms with Crippen LogP contribution in [0.4, 0.5) is 4.39 Å². The van der Waals surface area contributed by atoms with Crippen LogP contribution < -0.4 is 5.73 Å². The topological polar surface area (TPSA) is 26.0 Å². The van der Waals surface area contributed by atoms with E-state index in [-0.39, 0.29) is 0 Å². The van der Waals surface area contributed by atoms with Crippen LogP contribution in [0.25, 0.3) is 0 Å². The van der Waals surface area contributed by atoms with Crippen LogP contribution >= 0.6 is 0 Å². The van der Waals surface area contributed by atoms with Crippen molar-refractivity contribution in [2.24, 2.45) is 5.73 Å². The smallest absolute Gasteiger partial charge is 0.184 e. The summed E-state index contributed by atoms with van der Waals surface area (Å²) in [5.74, 6) is -0.647. The molecule has 0 saturated heterocycles. The maximum absolute atomic E-state index is 11.7. The van der Waals surface area contributed by atoms with E-state index in [9.17, 15) is 4.39 Å². The molecule has 0 aromatic carbocycles. The monoisotopic (exact) mass is 115 g/mol. The SMILES string of the molecule is CC(C)=C/C=C(\N)F. The summed E-state index contributed by atoms with van der Waals surface area (Å²) in [5, 5.41) is 0. The third-order valence-corrected chi connectivity index (χ3v) is 0.576. The molecular weight excluding hydrogens is 105 g/mol. The molecule has 0 rings (SSSR count). The number of hydrogen-bond donors (Lipinski definition) is 1. The summed E-state index contributed by atoms with van der Waals surface area (Å²) in [7, 11) is 0. The molecular formula is C6H10FN. The average molecular weight is 115 g/mol. The van der Waals surface area contributed by atoms with Gasteiger partial charge in [0.1, 0.15) is 0 Å². The van der Waals surface area contributed by atoms with Crippen molar-refractivity contribution in [1.82, 2.24) is 0 Å². The van der Waals surface area contributed by atoms with Crippen LogP contribution in [0, 0.1) is 0 Å². The van der Waals surface area contributed by atoms with Gasteiger partial charge < -0.3 is 5.73 Å². The molecule has 0 heterocycles. The van der Waals surface area contributed by atoms with Crippen molar-refractivity contribution >= 4 is 0 Å².